The molecule has 0 unspecified atom stereocenters. The van der Waals surface area contributed by atoms with E-state index in [1.165, 1.54) is 0 Å². The average Bonchev–Trinajstić information content (AvgIpc) is 2.25. The first kappa shape index (κ1) is 14.7. The van der Waals surface area contributed by atoms with E-state index in [0.717, 1.165) is 4.47 Å². The molecule has 1 atom stereocenters. The van der Waals surface area contributed by atoms with Gasteiger partial charge in [-0.25, -0.2) is 0 Å². The molecule has 5 heteroatoms. The molecule has 0 heterocycles. The molecule has 1 aromatic carbocycles. The predicted octanol–water partition coefficient (Wildman–Crippen LogP) is 3.34. The molecule has 0 aliphatic heterocycles. The van der Waals surface area contributed by atoms with Crippen molar-refractivity contribution in [3.8, 4) is 5.75 Å². The number of para-hydroxylation sites is 1. The topological polar surface area (TPSA) is 35.5 Å². The second-order valence-electron chi connectivity index (χ2n) is 4.50. The van der Waals surface area contributed by atoms with Gasteiger partial charge in [0.25, 0.3) is 0 Å². The number of methoxy groups -OCH3 is 1. The van der Waals surface area contributed by atoms with Crippen LogP contribution in [0.2, 0.25) is 0 Å². The second kappa shape index (κ2) is 5.98. The number of rotatable bonds is 4. The van der Waals surface area contributed by atoms with E-state index in [2.05, 4.69) is 15.9 Å². The van der Waals surface area contributed by atoms with Crippen molar-refractivity contribution in [3.05, 3.63) is 22.7 Å². The fourth-order valence-electron chi connectivity index (χ4n) is 1.22. The Kier molecular flexibility index (Phi) is 5.16. The summed E-state index contributed by atoms with van der Waals surface area (Å²) in [6.45, 7) is 5.94. The predicted molar refractivity (Wildman–Crippen MR) is 72.8 cm³/mol. The summed E-state index contributed by atoms with van der Waals surface area (Å²) in [6, 6.07) is 5.52. The molecule has 0 fully saturated rings. The largest absolute Gasteiger partial charge is 0.465 e. The first-order chi connectivity index (χ1) is 7.88. The third kappa shape index (κ3) is 3.79. The summed E-state index contributed by atoms with van der Waals surface area (Å²) in [6.07, 6.45) is 0. The fraction of sp³-hybridized carbons (Fsp3) is 0.500. The summed E-state index contributed by atoms with van der Waals surface area (Å²) >= 11 is 3.40. The normalized spacial score (nSPS) is 13.5. The molecule has 0 aromatic heterocycles. The van der Waals surface area contributed by atoms with Gasteiger partial charge < -0.3 is 9.47 Å². The van der Waals surface area contributed by atoms with Gasteiger partial charge >= 0.3 is 0 Å². The van der Waals surface area contributed by atoms with Crippen molar-refractivity contribution < 1.29 is 13.7 Å². The molecular weight excluding hydrogens is 304 g/mol. The Labute approximate surface area is 113 Å². The summed E-state index contributed by atoms with van der Waals surface area (Å²) in [5.41, 5.74) is 0. The summed E-state index contributed by atoms with van der Waals surface area (Å²) in [4.78, 5) is 0.684. The van der Waals surface area contributed by atoms with Crippen LogP contribution < -0.4 is 4.74 Å². The van der Waals surface area contributed by atoms with Crippen LogP contribution in [-0.4, -0.2) is 22.9 Å². The van der Waals surface area contributed by atoms with E-state index in [-0.39, 0.29) is 11.5 Å². The molecule has 0 amide bonds. The fourth-order valence-corrected chi connectivity index (χ4v) is 3.03. The Morgan fingerprint density at radius 2 is 2.00 bits per heavy atom. The van der Waals surface area contributed by atoms with E-state index >= 15 is 0 Å². The maximum atomic E-state index is 12.4. The molecule has 0 radical (unpaired) electrons. The van der Waals surface area contributed by atoms with Crippen molar-refractivity contribution in [1.82, 2.24) is 0 Å². The highest BCUT2D eigenvalue weighted by Gasteiger charge is 2.25. The lowest BCUT2D eigenvalue weighted by Crippen LogP contribution is -2.22. The molecule has 0 spiro atoms. The van der Waals surface area contributed by atoms with E-state index in [4.69, 9.17) is 9.47 Å². The highest BCUT2D eigenvalue weighted by molar-refractivity contribution is 9.10. The van der Waals surface area contributed by atoms with Crippen LogP contribution in [0.1, 0.15) is 20.8 Å². The summed E-state index contributed by atoms with van der Waals surface area (Å²) in [5, 5.41) is 0. The van der Waals surface area contributed by atoms with Crippen molar-refractivity contribution >= 4 is 26.7 Å². The quantitative estimate of drug-likeness (QED) is 0.798. The van der Waals surface area contributed by atoms with Gasteiger partial charge in [0, 0.05) is 11.9 Å². The van der Waals surface area contributed by atoms with Gasteiger partial charge in [-0.3, -0.25) is 4.21 Å². The molecule has 17 heavy (non-hydrogen) atoms. The maximum Gasteiger partial charge on any atom is 0.188 e. The van der Waals surface area contributed by atoms with Gasteiger partial charge in [-0.2, -0.15) is 0 Å². The van der Waals surface area contributed by atoms with E-state index in [0.29, 0.717) is 10.6 Å². The monoisotopic (exact) mass is 320 g/mol. The molecule has 0 saturated carbocycles. The first-order valence-electron chi connectivity index (χ1n) is 5.20. The smallest absolute Gasteiger partial charge is 0.188 e. The Morgan fingerprint density at radius 3 is 2.53 bits per heavy atom. The molecule has 1 aromatic rings. The Hall–Kier alpha value is -0.390. The minimum Gasteiger partial charge on any atom is -0.465 e. The second-order valence-corrected chi connectivity index (χ2v) is 7.56. The molecule has 0 aliphatic rings. The van der Waals surface area contributed by atoms with Gasteiger partial charge in [-0.15, -0.1) is 0 Å². The van der Waals surface area contributed by atoms with Gasteiger partial charge in [-0.05, 0) is 48.8 Å². The van der Waals surface area contributed by atoms with Gasteiger partial charge in [0.15, 0.2) is 12.5 Å². The van der Waals surface area contributed by atoms with Gasteiger partial charge in [0.05, 0.1) is 20.2 Å². The molecule has 0 aliphatic carbocycles. The third-order valence-corrected chi connectivity index (χ3v) is 4.47. The zero-order valence-corrected chi connectivity index (χ0v) is 12.9. The number of hydrogen-bond donors (Lipinski definition) is 0. The van der Waals surface area contributed by atoms with Crippen molar-refractivity contribution in [2.45, 2.75) is 30.4 Å². The molecule has 96 valence electrons. The minimum absolute atomic E-state index is 0.136. The Balaban J connectivity index is 3.15. The zero-order chi connectivity index (χ0) is 13.1. The molecule has 0 bridgehead atoms. The van der Waals surface area contributed by atoms with Gasteiger partial charge in [0.1, 0.15) is 0 Å². The van der Waals surface area contributed by atoms with Crippen LogP contribution in [0.25, 0.3) is 0 Å². The molecule has 1 rings (SSSR count). The number of halogens is 1. The molecule has 0 saturated heterocycles. The van der Waals surface area contributed by atoms with Crippen LogP contribution in [0.3, 0.4) is 0 Å². The number of hydrogen-bond acceptors (Lipinski definition) is 3. The van der Waals surface area contributed by atoms with Crippen molar-refractivity contribution in [3.63, 3.8) is 0 Å². The lowest BCUT2D eigenvalue weighted by molar-refractivity contribution is 0.0485. The minimum atomic E-state index is -1.14. The molecule has 3 nitrogen and oxygen atoms in total. The van der Waals surface area contributed by atoms with Crippen LogP contribution in [0.15, 0.2) is 27.6 Å². The highest BCUT2D eigenvalue weighted by Crippen LogP contribution is 2.34. The zero-order valence-electron chi connectivity index (χ0n) is 10.5. The standard InChI is InChI=1S/C12H17BrO3S/c1-12(2,3)17(14)10-7-5-6-9(13)11(10)16-8-15-4/h5-7H,8H2,1-4H3/t17-/m0/s1. The number of benzene rings is 1. The highest BCUT2D eigenvalue weighted by atomic mass is 79.9. The summed E-state index contributed by atoms with van der Waals surface area (Å²) in [7, 11) is 0.416. The number of ether oxygens (including phenoxy) is 2. The molecule has 0 N–H and O–H groups in total. The molecular formula is C12H17BrO3S. The lowest BCUT2D eigenvalue weighted by Gasteiger charge is -2.20. The van der Waals surface area contributed by atoms with Crippen molar-refractivity contribution in [2.24, 2.45) is 0 Å². The van der Waals surface area contributed by atoms with Gasteiger partial charge in [-0.1, -0.05) is 6.07 Å². The van der Waals surface area contributed by atoms with Gasteiger partial charge in [0.2, 0.25) is 0 Å². The lowest BCUT2D eigenvalue weighted by atomic mass is 10.3. The van der Waals surface area contributed by atoms with Crippen LogP contribution in [-0.2, 0) is 15.5 Å². The maximum absolute atomic E-state index is 12.4. The first-order valence-corrected chi connectivity index (χ1v) is 7.14. The van der Waals surface area contributed by atoms with Crippen LogP contribution in [0, 0.1) is 0 Å². The van der Waals surface area contributed by atoms with Crippen LogP contribution >= 0.6 is 15.9 Å². The Morgan fingerprint density at radius 1 is 1.35 bits per heavy atom. The third-order valence-electron chi connectivity index (χ3n) is 2.01. The van der Waals surface area contributed by atoms with Crippen LogP contribution in [0.5, 0.6) is 5.75 Å². The SMILES string of the molecule is COCOc1c(Br)cccc1[S@](=O)C(C)(C)C. The van der Waals surface area contributed by atoms with E-state index in [9.17, 15) is 4.21 Å². The summed E-state index contributed by atoms with van der Waals surface area (Å²) in [5.74, 6) is 0.586. The Bertz CT molecular complexity index is 413. The average molecular weight is 321 g/mol. The summed E-state index contributed by atoms with van der Waals surface area (Å²) < 4.78 is 23.2. The van der Waals surface area contributed by atoms with E-state index in [1.807, 2.05) is 39.0 Å². The van der Waals surface area contributed by atoms with Crippen LogP contribution in [0.4, 0.5) is 0 Å². The van der Waals surface area contributed by atoms with Crippen molar-refractivity contribution in [2.75, 3.05) is 13.9 Å². The van der Waals surface area contributed by atoms with E-state index < -0.39 is 10.8 Å². The van der Waals surface area contributed by atoms with Crippen molar-refractivity contribution in [1.29, 1.82) is 0 Å². The van der Waals surface area contributed by atoms with E-state index in [1.54, 1.807) is 7.11 Å².